The van der Waals surface area contributed by atoms with Gasteiger partial charge < -0.3 is 14.0 Å². The third-order valence-electron chi connectivity index (χ3n) is 4.76. The highest BCUT2D eigenvalue weighted by atomic mass is 16.5. The van der Waals surface area contributed by atoms with E-state index in [0.717, 1.165) is 30.5 Å². The summed E-state index contributed by atoms with van der Waals surface area (Å²) in [7, 11) is 0. The number of aliphatic hydroxyl groups excluding tert-OH is 1. The van der Waals surface area contributed by atoms with Gasteiger partial charge in [-0.3, -0.25) is 4.90 Å². The number of rotatable bonds is 6. The smallest absolute Gasteiger partial charge is 0.241 e. The summed E-state index contributed by atoms with van der Waals surface area (Å²) < 4.78 is 10.4. The lowest BCUT2D eigenvalue weighted by Crippen LogP contribution is -2.30. The van der Waals surface area contributed by atoms with Gasteiger partial charge in [0.15, 0.2) is 0 Å². The van der Waals surface area contributed by atoms with Crippen LogP contribution in [0.2, 0.25) is 0 Å². The van der Waals surface area contributed by atoms with Gasteiger partial charge in [-0.1, -0.05) is 35.5 Å². The lowest BCUT2D eigenvalue weighted by molar-refractivity contribution is 0.112. The Hall–Kier alpha value is -2.44. The molecule has 4 rings (SSSR count). The Bertz CT molecular complexity index is 785. The predicted octanol–water partition coefficient (Wildman–Crippen LogP) is 3.42. The Kier molecular flexibility index (Phi) is 4.63. The number of benzene rings is 1. The first-order valence-electron chi connectivity index (χ1n) is 8.62. The van der Waals surface area contributed by atoms with E-state index in [4.69, 9.17) is 8.94 Å². The van der Waals surface area contributed by atoms with Crippen LogP contribution in [0.15, 0.2) is 57.9 Å². The number of nitrogens with zero attached hydrogens (tertiary/aromatic N) is 3. The molecule has 0 bridgehead atoms. The highest BCUT2D eigenvalue weighted by molar-refractivity contribution is 5.51. The van der Waals surface area contributed by atoms with Crippen molar-refractivity contribution in [3.8, 4) is 11.4 Å². The Morgan fingerprint density at radius 1 is 1.24 bits per heavy atom. The summed E-state index contributed by atoms with van der Waals surface area (Å²) in [5.74, 6) is 1.14. The summed E-state index contributed by atoms with van der Waals surface area (Å²) in [5, 5.41) is 14.5. The first-order valence-corrected chi connectivity index (χ1v) is 8.62. The van der Waals surface area contributed by atoms with Gasteiger partial charge in [0, 0.05) is 6.04 Å². The van der Waals surface area contributed by atoms with E-state index >= 15 is 0 Å². The van der Waals surface area contributed by atoms with Crippen LogP contribution < -0.4 is 0 Å². The first-order chi connectivity index (χ1) is 12.3. The molecular formula is C19H21N3O3. The third kappa shape index (κ3) is 3.65. The number of likely N-dealkylation sites (tertiary alicyclic amines) is 1. The zero-order valence-corrected chi connectivity index (χ0v) is 13.9. The maximum absolute atomic E-state index is 10.5. The number of hydrogen-bond donors (Lipinski definition) is 1. The zero-order valence-electron chi connectivity index (χ0n) is 13.9. The topological polar surface area (TPSA) is 75.5 Å². The molecule has 130 valence electrons. The summed E-state index contributed by atoms with van der Waals surface area (Å²) >= 11 is 0. The second kappa shape index (κ2) is 7.21. The minimum atomic E-state index is -0.448. The fourth-order valence-corrected chi connectivity index (χ4v) is 3.44. The summed E-state index contributed by atoms with van der Waals surface area (Å²) in [6, 6.07) is 12.0. The van der Waals surface area contributed by atoms with Gasteiger partial charge in [-0.15, -0.1) is 0 Å². The fraction of sp³-hybridized carbons (Fsp3) is 0.368. The molecule has 1 aliphatic rings. The highest BCUT2D eigenvalue weighted by Gasteiger charge is 2.28. The van der Waals surface area contributed by atoms with Crippen molar-refractivity contribution >= 4 is 0 Å². The maximum Gasteiger partial charge on any atom is 0.241 e. The molecule has 1 aromatic carbocycles. The molecule has 2 aromatic heterocycles. The molecule has 0 radical (unpaired) electrons. The van der Waals surface area contributed by atoms with Gasteiger partial charge in [0.25, 0.3) is 0 Å². The molecule has 3 heterocycles. The molecule has 0 spiro atoms. The van der Waals surface area contributed by atoms with E-state index < -0.39 is 6.10 Å². The van der Waals surface area contributed by atoms with Gasteiger partial charge in [0.05, 0.1) is 24.5 Å². The molecule has 2 unspecified atom stereocenters. The Labute approximate surface area is 146 Å². The van der Waals surface area contributed by atoms with E-state index in [-0.39, 0.29) is 0 Å². The quantitative estimate of drug-likeness (QED) is 0.742. The van der Waals surface area contributed by atoms with Crippen molar-refractivity contribution in [2.75, 3.05) is 6.54 Å². The number of aliphatic hydroxyl groups is 1. The van der Waals surface area contributed by atoms with Crippen LogP contribution in [0, 0.1) is 0 Å². The molecule has 0 aliphatic carbocycles. The van der Waals surface area contributed by atoms with E-state index in [1.54, 1.807) is 12.5 Å². The van der Waals surface area contributed by atoms with Crippen molar-refractivity contribution in [1.82, 2.24) is 15.0 Å². The lowest BCUT2D eigenvalue weighted by Gasteiger charge is -2.25. The van der Waals surface area contributed by atoms with Crippen LogP contribution in [0.5, 0.6) is 0 Å². The average Bonchev–Trinajstić information content (AvgIpc) is 3.38. The maximum atomic E-state index is 10.5. The second-order valence-corrected chi connectivity index (χ2v) is 6.45. The second-order valence-electron chi connectivity index (χ2n) is 6.45. The van der Waals surface area contributed by atoms with Gasteiger partial charge in [-0.05, 0) is 37.4 Å². The summed E-state index contributed by atoms with van der Waals surface area (Å²) in [6.07, 6.45) is 5.65. The first kappa shape index (κ1) is 16.1. The molecule has 1 aliphatic heterocycles. The minimum Gasteiger partial charge on any atom is -0.472 e. The van der Waals surface area contributed by atoms with Gasteiger partial charge >= 0.3 is 0 Å². The molecule has 0 saturated carbocycles. The van der Waals surface area contributed by atoms with Crippen molar-refractivity contribution in [1.29, 1.82) is 0 Å². The Balaban J connectivity index is 1.40. The molecule has 3 aromatic rings. The van der Waals surface area contributed by atoms with Crippen LogP contribution in [0.4, 0.5) is 0 Å². The van der Waals surface area contributed by atoms with Crippen molar-refractivity contribution in [2.45, 2.75) is 38.0 Å². The molecule has 1 saturated heterocycles. The Morgan fingerprint density at radius 2 is 2.12 bits per heavy atom. The van der Waals surface area contributed by atoms with E-state index in [9.17, 15) is 5.11 Å². The van der Waals surface area contributed by atoms with Crippen molar-refractivity contribution in [3.05, 3.63) is 60.4 Å². The Morgan fingerprint density at radius 3 is 2.92 bits per heavy atom. The fourth-order valence-electron chi connectivity index (χ4n) is 3.44. The summed E-state index contributed by atoms with van der Waals surface area (Å²) in [4.78, 5) is 6.76. The van der Waals surface area contributed by atoms with Gasteiger partial charge in [-0.2, -0.15) is 4.98 Å². The highest BCUT2D eigenvalue weighted by Crippen LogP contribution is 2.28. The third-order valence-corrected chi connectivity index (χ3v) is 4.76. The van der Waals surface area contributed by atoms with Crippen molar-refractivity contribution < 1.29 is 14.0 Å². The standard InChI is InChI=1S/C19H21N3O3/c23-17(14-5-2-1-3-6-14)11-16-7-4-9-22(16)12-18-20-19(21-25-18)15-8-10-24-13-15/h1-3,5-6,8,10,13,16-17,23H,4,7,9,11-12H2. The summed E-state index contributed by atoms with van der Waals surface area (Å²) in [6.45, 7) is 1.59. The van der Waals surface area contributed by atoms with Crippen LogP contribution in [0.25, 0.3) is 11.4 Å². The molecule has 25 heavy (non-hydrogen) atoms. The molecule has 1 N–H and O–H groups in total. The SMILES string of the molecule is OC(CC1CCCN1Cc1nc(-c2ccoc2)no1)c1ccccc1. The average molecular weight is 339 g/mol. The van der Waals surface area contributed by atoms with E-state index in [1.807, 2.05) is 36.4 Å². The molecule has 2 atom stereocenters. The lowest BCUT2D eigenvalue weighted by atomic mass is 10.0. The summed E-state index contributed by atoms with van der Waals surface area (Å²) in [5.41, 5.74) is 1.78. The number of furan rings is 1. The molecule has 0 amide bonds. The van der Waals surface area contributed by atoms with Crippen LogP contribution in [0.3, 0.4) is 0 Å². The minimum absolute atomic E-state index is 0.319. The van der Waals surface area contributed by atoms with E-state index in [0.29, 0.717) is 30.7 Å². The molecule has 6 nitrogen and oxygen atoms in total. The number of aromatic nitrogens is 2. The van der Waals surface area contributed by atoms with Crippen molar-refractivity contribution in [3.63, 3.8) is 0 Å². The number of hydrogen-bond acceptors (Lipinski definition) is 6. The predicted molar refractivity (Wildman–Crippen MR) is 91.5 cm³/mol. The normalized spacial score (nSPS) is 19.3. The van der Waals surface area contributed by atoms with Crippen molar-refractivity contribution in [2.24, 2.45) is 0 Å². The van der Waals surface area contributed by atoms with Gasteiger partial charge in [-0.25, -0.2) is 0 Å². The van der Waals surface area contributed by atoms with Gasteiger partial charge in [0.1, 0.15) is 6.26 Å². The van der Waals surface area contributed by atoms with Gasteiger partial charge in [0.2, 0.25) is 11.7 Å². The van der Waals surface area contributed by atoms with Crippen LogP contribution >= 0.6 is 0 Å². The zero-order chi connectivity index (χ0) is 17.1. The monoisotopic (exact) mass is 339 g/mol. The van der Waals surface area contributed by atoms with E-state index in [2.05, 4.69) is 15.0 Å². The molecule has 1 fully saturated rings. The van der Waals surface area contributed by atoms with E-state index in [1.165, 1.54) is 0 Å². The molecule has 6 heteroatoms. The molecular weight excluding hydrogens is 318 g/mol. The van der Waals surface area contributed by atoms with Crippen LogP contribution in [0.1, 0.15) is 36.8 Å². The van der Waals surface area contributed by atoms with Crippen LogP contribution in [-0.4, -0.2) is 32.7 Å². The van der Waals surface area contributed by atoms with Crippen LogP contribution in [-0.2, 0) is 6.54 Å². The largest absolute Gasteiger partial charge is 0.472 e.